The number of nitrogens with zero attached hydrogens (tertiary/aromatic N) is 1. The quantitative estimate of drug-likeness (QED) is 0.281. The third-order valence-corrected chi connectivity index (χ3v) is 7.86. The van der Waals surface area contributed by atoms with Gasteiger partial charge in [-0.3, -0.25) is 19.3 Å². The molecule has 3 rings (SSSR count). The second-order valence-corrected chi connectivity index (χ2v) is 14.3. The van der Waals surface area contributed by atoms with E-state index in [1.54, 1.807) is 78.8 Å². The number of amides is 4. The molecule has 12 heteroatoms. The Kier molecular flexibility index (Phi) is 10.6. The summed E-state index contributed by atoms with van der Waals surface area (Å²) in [6.45, 7) is 16.1. The number of benzene rings is 1. The van der Waals surface area contributed by atoms with Gasteiger partial charge in [-0.05, 0) is 71.9 Å². The topological polar surface area (TPSA) is 143 Å². The number of alkyl carbamates (subject to hydrolysis) is 1. The van der Waals surface area contributed by atoms with Gasteiger partial charge in [-0.25, -0.2) is 9.59 Å². The van der Waals surface area contributed by atoms with E-state index in [-0.39, 0.29) is 11.6 Å². The van der Waals surface area contributed by atoms with Crippen LogP contribution in [0.15, 0.2) is 41.6 Å². The summed E-state index contributed by atoms with van der Waals surface area (Å²) in [6.07, 6.45) is -0.410. The number of esters is 1. The molecule has 1 fully saturated rings. The van der Waals surface area contributed by atoms with Crippen LogP contribution in [0.3, 0.4) is 0 Å². The summed E-state index contributed by atoms with van der Waals surface area (Å²) >= 11 is 1.42. The molecule has 2 aliphatic heterocycles. The van der Waals surface area contributed by atoms with Crippen molar-refractivity contribution in [3.05, 3.63) is 47.2 Å². The van der Waals surface area contributed by atoms with Crippen LogP contribution >= 0.6 is 11.8 Å². The van der Waals surface area contributed by atoms with Crippen molar-refractivity contribution in [2.45, 2.75) is 103 Å². The summed E-state index contributed by atoms with van der Waals surface area (Å²) in [4.78, 5) is 67.3. The van der Waals surface area contributed by atoms with E-state index >= 15 is 0 Å². The van der Waals surface area contributed by atoms with Crippen LogP contribution in [-0.2, 0) is 28.7 Å². The molecule has 0 aromatic heterocycles. The van der Waals surface area contributed by atoms with Crippen molar-refractivity contribution in [1.29, 1.82) is 0 Å². The normalized spacial score (nSPS) is 20.0. The zero-order valence-corrected chi connectivity index (χ0v) is 27.2. The monoisotopic (exact) mass is 616 g/mol. The molecule has 43 heavy (non-hydrogen) atoms. The summed E-state index contributed by atoms with van der Waals surface area (Å²) in [5, 5.41) is 7.62. The maximum Gasteiger partial charge on any atom is 0.408 e. The third kappa shape index (κ3) is 8.98. The second kappa shape index (κ2) is 13.4. The van der Waals surface area contributed by atoms with Gasteiger partial charge in [0, 0.05) is 5.75 Å². The largest absolute Gasteiger partial charge is 0.458 e. The van der Waals surface area contributed by atoms with Crippen LogP contribution in [0.2, 0.25) is 0 Å². The van der Waals surface area contributed by atoms with Gasteiger partial charge in [-0.1, -0.05) is 44.2 Å². The molecule has 0 bridgehead atoms. The first-order valence-electron chi connectivity index (χ1n) is 14.4. The molecule has 0 radical (unpaired) electrons. The van der Waals surface area contributed by atoms with Crippen molar-refractivity contribution in [2.24, 2.45) is 5.92 Å². The summed E-state index contributed by atoms with van der Waals surface area (Å²) in [5.41, 5.74) is -0.140. The molecule has 3 N–H and O–H groups in total. The molecule has 0 saturated carbocycles. The Morgan fingerprint density at radius 2 is 1.58 bits per heavy atom. The Balaban J connectivity index is 1.76. The highest BCUT2D eigenvalue weighted by Gasteiger charge is 2.54. The van der Waals surface area contributed by atoms with Gasteiger partial charge in [-0.15, -0.1) is 11.8 Å². The van der Waals surface area contributed by atoms with Gasteiger partial charge >= 0.3 is 12.1 Å². The molecular weight excluding hydrogens is 572 g/mol. The van der Waals surface area contributed by atoms with Crippen LogP contribution in [0.25, 0.3) is 0 Å². The first-order valence-corrected chi connectivity index (χ1v) is 15.5. The zero-order chi connectivity index (χ0) is 32.3. The van der Waals surface area contributed by atoms with E-state index in [1.807, 2.05) is 13.8 Å². The Bertz CT molecular complexity index is 1270. The first-order chi connectivity index (χ1) is 19.9. The lowest BCUT2D eigenvalue weighted by molar-refractivity contribution is -0.159. The van der Waals surface area contributed by atoms with Gasteiger partial charge in [0.15, 0.2) is 0 Å². The molecule has 0 aliphatic carbocycles. The molecular formula is C31H44N4O7S. The van der Waals surface area contributed by atoms with Crippen LogP contribution in [0.4, 0.5) is 4.79 Å². The number of hydrogen-bond donors (Lipinski definition) is 3. The number of ether oxygens (including phenoxy) is 2. The predicted molar refractivity (Wildman–Crippen MR) is 164 cm³/mol. The predicted octanol–water partition coefficient (Wildman–Crippen LogP) is 3.80. The molecule has 1 aromatic rings. The highest BCUT2D eigenvalue weighted by atomic mass is 32.2. The van der Waals surface area contributed by atoms with Crippen molar-refractivity contribution in [1.82, 2.24) is 20.9 Å². The molecule has 2 heterocycles. The van der Waals surface area contributed by atoms with Crippen LogP contribution in [-0.4, -0.2) is 69.1 Å². The highest BCUT2D eigenvalue weighted by molar-refractivity contribution is 8.00. The van der Waals surface area contributed by atoms with Gasteiger partial charge < -0.3 is 25.4 Å². The van der Waals surface area contributed by atoms with Crippen molar-refractivity contribution < 1.29 is 33.4 Å². The highest BCUT2D eigenvalue weighted by Crippen LogP contribution is 2.40. The fraction of sp³-hybridized carbons (Fsp3) is 0.581. The molecule has 1 aromatic carbocycles. The van der Waals surface area contributed by atoms with Gasteiger partial charge in [-0.2, -0.15) is 0 Å². The SMILES string of the molecule is CC1=C(C(=O)N[C@@H](CC(C)C)C(=O)OC(C)(C)C)N2C(=O)[C@@H](NC(=O)C(NC(=O)OC(C)(C)C)c3ccccc3)[C@H]2SC1. The van der Waals surface area contributed by atoms with Crippen molar-refractivity contribution in [2.75, 3.05) is 5.75 Å². The van der Waals surface area contributed by atoms with E-state index in [2.05, 4.69) is 16.0 Å². The van der Waals surface area contributed by atoms with E-state index in [0.29, 0.717) is 23.3 Å². The van der Waals surface area contributed by atoms with Crippen LogP contribution in [0, 0.1) is 5.92 Å². The molecule has 236 valence electrons. The second-order valence-electron chi connectivity index (χ2n) is 13.2. The molecule has 1 unspecified atom stereocenters. The first kappa shape index (κ1) is 34.0. The Hall–Kier alpha value is -3.54. The minimum atomic E-state index is -1.11. The van der Waals surface area contributed by atoms with E-state index in [9.17, 15) is 24.0 Å². The molecule has 11 nitrogen and oxygen atoms in total. The molecule has 2 aliphatic rings. The Labute approximate surface area is 257 Å². The van der Waals surface area contributed by atoms with Crippen LogP contribution in [0.5, 0.6) is 0 Å². The standard InChI is InChI=1S/C31H44N4O7S/c1-17(2)15-20(28(39)41-30(4,5)6)32-25(37)23-18(3)16-43-27-22(26(38)35(23)27)33-24(36)21(19-13-11-10-12-14-19)34-29(40)42-31(7,8)9/h10-14,17,20-22,27H,15-16H2,1-9H3,(H,32,37)(H,33,36)(H,34,40)/t20-,21?,22+,27+/m0/s1. The fourth-order valence-corrected chi connectivity index (χ4v) is 5.98. The van der Waals surface area contributed by atoms with Gasteiger partial charge in [0.1, 0.15) is 40.4 Å². The lowest BCUT2D eigenvalue weighted by Gasteiger charge is -2.50. The van der Waals surface area contributed by atoms with Crippen LogP contribution in [0.1, 0.15) is 80.3 Å². The smallest absolute Gasteiger partial charge is 0.408 e. The van der Waals surface area contributed by atoms with E-state index in [1.165, 1.54) is 16.7 Å². The number of hydrogen-bond acceptors (Lipinski definition) is 8. The van der Waals surface area contributed by atoms with Gasteiger partial charge in [0.25, 0.3) is 11.8 Å². The third-order valence-electron chi connectivity index (χ3n) is 6.43. The number of fused-ring (bicyclic) bond motifs is 1. The maximum absolute atomic E-state index is 13.5. The molecule has 0 spiro atoms. The lowest BCUT2D eigenvalue weighted by atomic mass is 10.00. The van der Waals surface area contributed by atoms with Gasteiger partial charge in [0.05, 0.1) is 0 Å². The number of thioether (sulfide) groups is 1. The lowest BCUT2D eigenvalue weighted by Crippen LogP contribution is -2.71. The molecule has 4 amide bonds. The number of nitrogens with one attached hydrogen (secondary N) is 3. The van der Waals surface area contributed by atoms with Crippen molar-refractivity contribution in [3.63, 3.8) is 0 Å². The van der Waals surface area contributed by atoms with Crippen molar-refractivity contribution in [3.8, 4) is 0 Å². The number of carbonyl (C=O) groups excluding carboxylic acids is 5. The average molecular weight is 617 g/mol. The Morgan fingerprint density at radius 1 is 0.977 bits per heavy atom. The van der Waals surface area contributed by atoms with Gasteiger partial charge in [0.2, 0.25) is 5.91 Å². The summed E-state index contributed by atoms with van der Waals surface area (Å²) in [5.74, 6) is -1.60. The minimum Gasteiger partial charge on any atom is -0.458 e. The van der Waals surface area contributed by atoms with E-state index in [0.717, 1.165) is 0 Å². The minimum absolute atomic E-state index is 0.0969. The Morgan fingerprint density at radius 3 is 2.14 bits per heavy atom. The summed E-state index contributed by atoms with van der Waals surface area (Å²) < 4.78 is 10.9. The number of carbonyl (C=O) groups is 5. The number of rotatable bonds is 9. The van der Waals surface area contributed by atoms with E-state index in [4.69, 9.17) is 9.47 Å². The van der Waals surface area contributed by atoms with E-state index < -0.39 is 64.5 Å². The fourth-order valence-electron chi connectivity index (χ4n) is 4.69. The zero-order valence-electron chi connectivity index (χ0n) is 26.4. The van der Waals surface area contributed by atoms with Crippen LogP contribution < -0.4 is 16.0 Å². The summed E-state index contributed by atoms with van der Waals surface area (Å²) in [7, 11) is 0. The van der Waals surface area contributed by atoms with Crippen molar-refractivity contribution >= 4 is 41.5 Å². The molecule has 4 atom stereocenters. The summed E-state index contributed by atoms with van der Waals surface area (Å²) in [6, 6.07) is 5.72. The molecule has 1 saturated heterocycles. The number of β-lactam (4-membered cyclic amide) rings is 1. The maximum atomic E-state index is 13.5. The average Bonchev–Trinajstić information content (AvgIpc) is 2.87.